The Morgan fingerprint density at radius 2 is 1.78 bits per heavy atom. The van der Waals surface area contributed by atoms with E-state index in [2.05, 4.69) is 39.1 Å². The number of aromatic amines is 1. The van der Waals surface area contributed by atoms with Gasteiger partial charge >= 0.3 is 0 Å². The minimum absolute atomic E-state index is 0.0572. The van der Waals surface area contributed by atoms with Crippen LogP contribution in [0.4, 0.5) is 0 Å². The third kappa shape index (κ3) is 2.89. The lowest BCUT2D eigenvalue weighted by Gasteiger charge is -2.59. The normalized spacial score (nSPS) is 23.1. The van der Waals surface area contributed by atoms with Crippen LogP contribution in [0.1, 0.15) is 60.5 Å². The minimum Gasteiger partial charge on any atom is -0.345 e. The standard InChI is InChI=1S/C26H28N4O2/c31-24(19-8-9-21-22(16-19)28-17-27-21)29-14-10-20(11-15-29)30-23(18-6-2-1-3-7-18)26(25(30)32)12-4-5-13-26/h1-3,6-9,16-17,20,23H,4-5,10-15H2,(H,27,28). The number of β-lactam (4-membered cyclic amide) rings is 1. The van der Waals surface area contributed by atoms with Crippen molar-refractivity contribution in [2.75, 3.05) is 13.1 Å². The number of imidazole rings is 1. The van der Waals surface area contributed by atoms with Crippen LogP contribution in [0.5, 0.6) is 0 Å². The van der Waals surface area contributed by atoms with E-state index in [4.69, 9.17) is 0 Å². The summed E-state index contributed by atoms with van der Waals surface area (Å²) in [4.78, 5) is 37.9. The van der Waals surface area contributed by atoms with Crippen molar-refractivity contribution in [3.8, 4) is 0 Å². The fourth-order valence-electron chi connectivity index (χ4n) is 6.27. The Balaban J connectivity index is 1.18. The molecule has 6 heteroatoms. The average molecular weight is 429 g/mol. The number of aromatic nitrogens is 2. The van der Waals surface area contributed by atoms with Gasteiger partial charge in [-0.2, -0.15) is 0 Å². The fraction of sp³-hybridized carbons (Fsp3) is 0.423. The highest BCUT2D eigenvalue weighted by atomic mass is 16.2. The van der Waals surface area contributed by atoms with E-state index in [-0.39, 0.29) is 23.4 Å². The van der Waals surface area contributed by atoms with Gasteiger partial charge in [0.1, 0.15) is 0 Å². The highest BCUT2D eigenvalue weighted by Gasteiger charge is 2.63. The summed E-state index contributed by atoms with van der Waals surface area (Å²) in [7, 11) is 0. The van der Waals surface area contributed by atoms with Crippen LogP contribution >= 0.6 is 0 Å². The minimum atomic E-state index is -0.187. The Bertz CT molecular complexity index is 1160. The van der Waals surface area contributed by atoms with Gasteiger partial charge in [-0.3, -0.25) is 9.59 Å². The number of rotatable bonds is 3. The zero-order valence-electron chi connectivity index (χ0n) is 18.2. The highest BCUT2D eigenvalue weighted by molar-refractivity contribution is 5.97. The number of hydrogen-bond donors (Lipinski definition) is 1. The zero-order valence-corrected chi connectivity index (χ0v) is 18.2. The molecule has 6 rings (SSSR count). The number of benzene rings is 2. The molecule has 0 bridgehead atoms. The number of hydrogen-bond acceptors (Lipinski definition) is 3. The molecule has 2 saturated heterocycles. The van der Waals surface area contributed by atoms with Gasteiger partial charge in [0.25, 0.3) is 5.91 Å². The van der Waals surface area contributed by atoms with Gasteiger partial charge in [0.15, 0.2) is 0 Å². The molecule has 1 unspecified atom stereocenters. The molecule has 3 fully saturated rings. The number of carbonyl (C=O) groups is 2. The van der Waals surface area contributed by atoms with Crippen LogP contribution in [0.2, 0.25) is 0 Å². The molecular formula is C26H28N4O2. The Morgan fingerprint density at radius 1 is 1.03 bits per heavy atom. The molecule has 3 aliphatic rings. The van der Waals surface area contributed by atoms with E-state index in [1.54, 1.807) is 6.33 Å². The number of H-pyrrole nitrogens is 1. The molecule has 32 heavy (non-hydrogen) atoms. The van der Waals surface area contributed by atoms with Gasteiger partial charge in [0, 0.05) is 24.7 Å². The molecule has 1 aliphatic carbocycles. The lowest BCUT2D eigenvalue weighted by Crippen LogP contribution is -2.66. The molecule has 3 aromatic rings. The number of carbonyl (C=O) groups excluding carboxylic acids is 2. The summed E-state index contributed by atoms with van der Waals surface area (Å²) in [6.45, 7) is 1.37. The van der Waals surface area contributed by atoms with Gasteiger partial charge in [-0.05, 0) is 49.4 Å². The first-order chi connectivity index (χ1) is 15.7. The number of fused-ring (bicyclic) bond motifs is 1. The molecule has 2 aromatic carbocycles. The third-order valence-corrected chi connectivity index (χ3v) is 7.89. The molecule has 164 valence electrons. The summed E-state index contributed by atoms with van der Waals surface area (Å²) >= 11 is 0. The summed E-state index contributed by atoms with van der Waals surface area (Å²) in [6.07, 6.45) is 7.64. The van der Waals surface area contributed by atoms with Crippen molar-refractivity contribution < 1.29 is 9.59 Å². The summed E-state index contributed by atoms with van der Waals surface area (Å²) in [6, 6.07) is 16.6. The first-order valence-electron chi connectivity index (χ1n) is 11.8. The molecule has 1 N–H and O–H groups in total. The van der Waals surface area contributed by atoms with Crippen molar-refractivity contribution in [1.82, 2.24) is 19.8 Å². The van der Waals surface area contributed by atoms with Gasteiger partial charge in [0.05, 0.1) is 28.8 Å². The second kappa shape index (κ2) is 7.47. The summed E-state index contributed by atoms with van der Waals surface area (Å²) < 4.78 is 0. The van der Waals surface area contributed by atoms with Gasteiger partial charge in [-0.25, -0.2) is 4.98 Å². The van der Waals surface area contributed by atoms with Gasteiger partial charge in [0.2, 0.25) is 5.91 Å². The van der Waals surface area contributed by atoms with Gasteiger partial charge in [-0.15, -0.1) is 0 Å². The van der Waals surface area contributed by atoms with E-state index in [0.29, 0.717) is 24.6 Å². The Morgan fingerprint density at radius 3 is 2.53 bits per heavy atom. The van der Waals surface area contributed by atoms with Gasteiger partial charge in [-0.1, -0.05) is 43.2 Å². The lowest BCUT2D eigenvalue weighted by atomic mass is 9.65. The molecule has 1 aromatic heterocycles. The van der Waals surface area contributed by atoms with Crippen molar-refractivity contribution in [2.45, 2.75) is 50.6 Å². The SMILES string of the molecule is O=C(c1ccc2nc[nH]c2c1)N1CCC(N2C(=O)C3(CCCC3)C2c2ccccc2)CC1. The predicted octanol–water partition coefficient (Wildman–Crippen LogP) is 4.31. The Labute approximate surface area is 187 Å². The van der Waals surface area contributed by atoms with E-state index in [9.17, 15) is 9.59 Å². The monoisotopic (exact) mass is 428 g/mol. The van der Waals surface area contributed by atoms with Crippen LogP contribution in [0.3, 0.4) is 0 Å². The van der Waals surface area contributed by atoms with Crippen molar-refractivity contribution >= 4 is 22.8 Å². The fourth-order valence-corrected chi connectivity index (χ4v) is 6.27. The molecule has 1 saturated carbocycles. The molecule has 3 heterocycles. The Hall–Kier alpha value is -3.15. The second-order valence-corrected chi connectivity index (χ2v) is 9.55. The first kappa shape index (κ1) is 19.5. The number of likely N-dealkylation sites (tertiary alicyclic amines) is 2. The van der Waals surface area contributed by atoms with Crippen LogP contribution in [-0.4, -0.2) is 50.7 Å². The van der Waals surface area contributed by atoms with E-state index in [1.807, 2.05) is 29.2 Å². The molecule has 1 atom stereocenters. The molecular weight excluding hydrogens is 400 g/mol. The molecule has 6 nitrogen and oxygen atoms in total. The van der Waals surface area contributed by atoms with Gasteiger partial charge < -0.3 is 14.8 Å². The van der Waals surface area contributed by atoms with Crippen molar-refractivity contribution in [2.24, 2.45) is 5.41 Å². The predicted molar refractivity (Wildman–Crippen MR) is 122 cm³/mol. The smallest absolute Gasteiger partial charge is 0.253 e. The van der Waals surface area contributed by atoms with E-state index in [1.165, 1.54) is 5.56 Å². The number of amides is 2. The molecule has 0 radical (unpaired) electrons. The molecule has 2 aliphatic heterocycles. The van der Waals surface area contributed by atoms with Crippen LogP contribution in [0, 0.1) is 5.41 Å². The summed E-state index contributed by atoms with van der Waals surface area (Å²) in [5.41, 5.74) is 3.51. The average Bonchev–Trinajstić information content (AvgIpc) is 3.53. The Kier molecular flexibility index (Phi) is 4.56. The maximum Gasteiger partial charge on any atom is 0.253 e. The van der Waals surface area contributed by atoms with E-state index in [0.717, 1.165) is 49.6 Å². The molecule has 1 spiro atoms. The maximum atomic E-state index is 13.4. The lowest BCUT2D eigenvalue weighted by molar-refractivity contribution is -0.180. The molecule has 2 amide bonds. The highest BCUT2D eigenvalue weighted by Crippen LogP contribution is 2.60. The zero-order chi connectivity index (χ0) is 21.7. The maximum absolute atomic E-state index is 13.4. The van der Waals surface area contributed by atoms with Crippen LogP contribution in [-0.2, 0) is 4.79 Å². The summed E-state index contributed by atoms with van der Waals surface area (Å²) in [5.74, 6) is 0.403. The summed E-state index contributed by atoms with van der Waals surface area (Å²) in [5, 5.41) is 0. The number of nitrogens with one attached hydrogen (secondary N) is 1. The van der Waals surface area contributed by atoms with Crippen molar-refractivity contribution in [1.29, 1.82) is 0 Å². The van der Waals surface area contributed by atoms with Crippen LogP contribution in [0.25, 0.3) is 11.0 Å². The van der Waals surface area contributed by atoms with Crippen molar-refractivity contribution in [3.05, 3.63) is 66.0 Å². The van der Waals surface area contributed by atoms with E-state index < -0.39 is 0 Å². The number of piperidine rings is 1. The van der Waals surface area contributed by atoms with Crippen LogP contribution in [0.15, 0.2) is 54.9 Å². The first-order valence-corrected chi connectivity index (χ1v) is 11.8. The third-order valence-electron chi connectivity index (χ3n) is 7.89. The quantitative estimate of drug-likeness (QED) is 0.632. The largest absolute Gasteiger partial charge is 0.345 e. The topological polar surface area (TPSA) is 69.3 Å². The second-order valence-electron chi connectivity index (χ2n) is 9.55. The van der Waals surface area contributed by atoms with E-state index >= 15 is 0 Å². The number of nitrogens with zero attached hydrogens (tertiary/aromatic N) is 3. The van der Waals surface area contributed by atoms with Crippen LogP contribution < -0.4 is 0 Å². The van der Waals surface area contributed by atoms with Crippen molar-refractivity contribution in [3.63, 3.8) is 0 Å².